The minimum Gasteiger partial charge on any atom is -0.351 e. The van der Waals surface area contributed by atoms with Crippen molar-refractivity contribution in [2.75, 3.05) is 6.54 Å². The highest BCUT2D eigenvalue weighted by molar-refractivity contribution is 9.10. The molecule has 3 aromatic rings. The lowest BCUT2D eigenvalue weighted by molar-refractivity contribution is 0.0958. The number of carbonyl (C=O) groups excluding carboxylic acids is 1. The lowest BCUT2D eigenvalue weighted by atomic mass is 10.2. The Labute approximate surface area is 132 Å². The number of amides is 1. The number of halogens is 1. The summed E-state index contributed by atoms with van der Waals surface area (Å²) in [6, 6.07) is 7.97. The molecule has 0 radical (unpaired) electrons. The van der Waals surface area contributed by atoms with Crippen LogP contribution in [0.5, 0.6) is 0 Å². The van der Waals surface area contributed by atoms with Crippen molar-refractivity contribution in [1.82, 2.24) is 10.3 Å². The maximum atomic E-state index is 12.1. The van der Waals surface area contributed by atoms with Gasteiger partial charge in [-0.1, -0.05) is 22.0 Å². The van der Waals surface area contributed by atoms with E-state index in [0.29, 0.717) is 6.54 Å². The average molecular weight is 367 g/mol. The van der Waals surface area contributed by atoms with Crippen molar-refractivity contribution in [3.05, 3.63) is 50.2 Å². The van der Waals surface area contributed by atoms with E-state index in [9.17, 15) is 4.79 Å². The predicted molar refractivity (Wildman–Crippen MR) is 87.7 cm³/mol. The molecule has 20 heavy (non-hydrogen) atoms. The van der Waals surface area contributed by atoms with Crippen LogP contribution in [0.4, 0.5) is 0 Å². The summed E-state index contributed by atoms with van der Waals surface area (Å²) in [5, 5.41) is 7.03. The molecule has 0 aliphatic carbocycles. The van der Waals surface area contributed by atoms with Gasteiger partial charge in [-0.05, 0) is 23.6 Å². The highest BCUT2D eigenvalue weighted by Gasteiger charge is 2.10. The topological polar surface area (TPSA) is 42.0 Å². The van der Waals surface area contributed by atoms with E-state index in [2.05, 4.69) is 26.2 Å². The zero-order valence-electron chi connectivity index (χ0n) is 10.4. The lowest BCUT2D eigenvalue weighted by Gasteiger charge is -2.00. The molecule has 0 spiro atoms. The Balaban J connectivity index is 1.66. The number of thiophene rings is 1. The fourth-order valence-electron chi connectivity index (χ4n) is 1.86. The second-order valence-electron chi connectivity index (χ2n) is 4.22. The third-order valence-electron chi connectivity index (χ3n) is 2.81. The van der Waals surface area contributed by atoms with Gasteiger partial charge in [0.1, 0.15) is 0 Å². The molecule has 1 N–H and O–H groups in total. The van der Waals surface area contributed by atoms with Crippen LogP contribution in [0.25, 0.3) is 10.1 Å². The van der Waals surface area contributed by atoms with Crippen LogP contribution in [0.2, 0.25) is 0 Å². The highest BCUT2D eigenvalue weighted by Crippen LogP contribution is 2.28. The Morgan fingerprint density at radius 2 is 2.25 bits per heavy atom. The standard InChI is InChI=1S/C14H11BrN2OS2/c15-10-2-1-9-7-12(20-11(9)8-10)14(18)17-4-3-13-16-5-6-19-13/h1-2,5-8H,3-4H2,(H,17,18). The second-order valence-corrected chi connectivity index (χ2v) is 7.20. The number of nitrogens with zero attached hydrogens (tertiary/aromatic N) is 1. The van der Waals surface area contributed by atoms with Gasteiger partial charge in [-0.3, -0.25) is 4.79 Å². The Morgan fingerprint density at radius 3 is 3.05 bits per heavy atom. The molecule has 0 unspecified atom stereocenters. The van der Waals surface area contributed by atoms with Crippen LogP contribution < -0.4 is 5.32 Å². The minimum atomic E-state index is -0.0149. The third kappa shape index (κ3) is 3.08. The molecule has 6 heteroatoms. The summed E-state index contributed by atoms with van der Waals surface area (Å²) in [5.41, 5.74) is 0. The van der Waals surface area contributed by atoms with Gasteiger partial charge in [-0.15, -0.1) is 22.7 Å². The van der Waals surface area contributed by atoms with Crippen LogP contribution in [-0.2, 0) is 6.42 Å². The molecule has 0 saturated carbocycles. The van der Waals surface area contributed by atoms with Gasteiger partial charge in [0.25, 0.3) is 5.91 Å². The molecule has 1 aromatic carbocycles. The van der Waals surface area contributed by atoms with Crippen molar-refractivity contribution in [2.45, 2.75) is 6.42 Å². The van der Waals surface area contributed by atoms with Crippen LogP contribution in [0.1, 0.15) is 14.7 Å². The number of carbonyl (C=O) groups is 1. The predicted octanol–water partition coefficient (Wildman–Crippen LogP) is 4.09. The highest BCUT2D eigenvalue weighted by atomic mass is 79.9. The molecule has 0 aliphatic rings. The summed E-state index contributed by atoms with van der Waals surface area (Å²) in [6.45, 7) is 0.615. The van der Waals surface area contributed by atoms with E-state index in [1.807, 2.05) is 29.6 Å². The first-order valence-electron chi connectivity index (χ1n) is 6.08. The van der Waals surface area contributed by atoms with E-state index >= 15 is 0 Å². The number of nitrogens with one attached hydrogen (secondary N) is 1. The van der Waals surface area contributed by atoms with Crippen LogP contribution in [0.3, 0.4) is 0 Å². The number of benzene rings is 1. The zero-order valence-corrected chi connectivity index (χ0v) is 13.6. The van der Waals surface area contributed by atoms with Crippen molar-refractivity contribution in [3.63, 3.8) is 0 Å². The van der Waals surface area contributed by atoms with Gasteiger partial charge < -0.3 is 5.32 Å². The van der Waals surface area contributed by atoms with E-state index in [0.717, 1.165) is 30.9 Å². The monoisotopic (exact) mass is 366 g/mol. The lowest BCUT2D eigenvalue weighted by Crippen LogP contribution is -2.24. The first-order valence-corrected chi connectivity index (χ1v) is 8.57. The van der Waals surface area contributed by atoms with E-state index in [1.54, 1.807) is 17.5 Å². The minimum absolute atomic E-state index is 0.0149. The first kappa shape index (κ1) is 13.7. The Morgan fingerprint density at radius 1 is 1.35 bits per heavy atom. The molecule has 2 heterocycles. The van der Waals surface area contributed by atoms with Gasteiger partial charge in [-0.25, -0.2) is 4.98 Å². The molecule has 3 rings (SSSR count). The summed E-state index contributed by atoms with van der Waals surface area (Å²) < 4.78 is 2.15. The second kappa shape index (κ2) is 6.03. The van der Waals surface area contributed by atoms with E-state index in [1.165, 1.54) is 11.3 Å². The Bertz CT molecular complexity index is 737. The number of hydrogen-bond acceptors (Lipinski definition) is 4. The summed E-state index contributed by atoms with van der Waals surface area (Å²) in [5.74, 6) is -0.0149. The first-order chi connectivity index (χ1) is 9.72. The zero-order chi connectivity index (χ0) is 13.9. The molecule has 0 saturated heterocycles. The van der Waals surface area contributed by atoms with E-state index in [4.69, 9.17) is 0 Å². The molecule has 3 nitrogen and oxygen atoms in total. The Hall–Kier alpha value is -1.24. The maximum Gasteiger partial charge on any atom is 0.261 e. The largest absolute Gasteiger partial charge is 0.351 e. The number of fused-ring (bicyclic) bond motifs is 1. The molecule has 2 aromatic heterocycles. The number of hydrogen-bond donors (Lipinski definition) is 1. The summed E-state index contributed by atoms with van der Waals surface area (Å²) >= 11 is 6.57. The van der Waals surface area contributed by atoms with Crippen LogP contribution >= 0.6 is 38.6 Å². The maximum absolute atomic E-state index is 12.1. The number of aromatic nitrogens is 1. The van der Waals surface area contributed by atoms with Crippen molar-refractivity contribution in [2.24, 2.45) is 0 Å². The fourth-order valence-corrected chi connectivity index (χ4v) is 4.01. The van der Waals surface area contributed by atoms with Gasteiger partial charge in [0, 0.05) is 33.7 Å². The van der Waals surface area contributed by atoms with Gasteiger partial charge >= 0.3 is 0 Å². The van der Waals surface area contributed by atoms with Crippen molar-refractivity contribution < 1.29 is 4.79 Å². The summed E-state index contributed by atoms with van der Waals surface area (Å²) in [4.78, 5) is 17.0. The molecular formula is C14H11BrN2OS2. The SMILES string of the molecule is O=C(NCCc1nccs1)c1cc2ccc(Br)cc2s1. The molecule has 102 valence electrons. The van der Waals surface area contributed by atoms with Gasteiger partial charge in [0.05, 0.1) is 9.88 Å². The third-order valence-corrected chi connectivity index (χ3v) is 5.24. The normalized spacial score (nSPS) is 10.8. The molecule has 1 amide bonds. The summed E-state index contributed by atoms with van der Waals surface area (Å²) in [6.07, 6.45) is 2.56. The summed E-state index contributed by atoms with van der Waals surface area (Å²) in [7, 11) is 0. The van der Waals surface area contributed by atoms with Gasteiger partial charge in [0.2, 0.25) is 0 Å². The molecular weight excluding hydrogens is 356 g/mol. The van der Waals surface area contributed by atoms with Gasteiger partial charge in [0.15, 0.2) is 0 Å². The molecule has 0 atom stereocenters. The van der Waals surface area contributed by atoms with Gasteiger partial charge in [-0.2, -0.15) is 0 Å². The van der Waals surface area contributed by atoms with Crippen molar-refractivity contribution in [3.8, 4) is 0 Å². The molecule has 0 fully saturated rings. The van der Waals surface area contributed by atoms with Crippen molar-refractivity contribution in [1.29, 1.82) is 0 Å². The van der Waals surface area contributed by atoms with Crippen LogP contribution in [0, 0.1) is 0 Å². The number of rotatable bonds is 4. The van der Waals surface area contributed by atoms with E-state index < -0.39 is 0 Å². The molecule has 0 aliphatic heterocycles. The average Bonchev–Trinajstić information content (AvgIpc) is 3.06. The number of thiazole rings is 1. The van der Waals surface area contributed by atoms with Crippen molar-refractivity contribution >= 4 is 54.6 Å². The van der Waals surface area contributed by atoms with E-state index in [-0.39, 0.29) is 5.91 Å². The smallest absolute Gasteiger partial charge is 0.261 e. The Kier molecular flexibility index (Phi) is 4.14. The van der Waals surface area contributed by atoms with Crippen LogP contribution in [-0.4, -0.2) is 17.4 Å². The fraction of sp³-hybridized carbons (Fsp3) is 0.143. The van der Waals surface area contributed by atoms with Crippen LogP contribution in [0.15, 0.2) is 40.3 Å². The molecule has 0 bridgehead atoms. The quantitative estimate of drug-likeness (QED) is 0.755.